The maximum Gasteiger partial charge on any atom is 0.231 e. The molecular formula is C25H28FN5O2. The number of fused-ring (bicyclic) bond motifs is 1. The Morgan fingerprint density at radius 3 is 2.91 bits per heavy atom. The Hall–Kier alpha value is -3.39. The van der Waals surface area contributed by atoms with Crippen LogP contribution in [0.3, 0.4) is 0 Å². The van der Waals surface area contributed by atoms with Gasteiger partial charge in [-0.05, 0) is 67.9 Å². The zero-order valence-electron chi connectivity index (χ0n) is 18.8. The van der Waals surface area contributed by atoms with Gasteiger partial charge in [0.25, 0.3) is 0 Å². The first-order valence-electron chi connectivity index (χ1n) is 11.2. The van der Waals surface area contributed by atoms with Gasteiger partial charge in [0, 0.05) is 31.4 Å². The lowest BCUT2D eigenvalue weighted by Crippen LogP contribution is -2.36. The average molecular weight is 450 g/mol. The second-order valence-corrected chi connectivity index (χ2v) is 8.99. The van der Waals surface area contributed by atoms with Crippen LogP contribution in [-0.4, -0.2) is 60.8 Å². The topological polar surface area (TPSA) is 73.5 Å². The maximum absolute atomic E-state index is 13.7. The number of amides is 1. The zero-order valence-corrected chi connectivity index (χ0v) is 18.8. The smallest absolute Gasteiger partial charge is 0.231 e. The summed E-state index contributed by atoms with van der Waals surface area (Å²) in [6, 6.07) is 10.8. The Labute approximate surface area is 192 Å². The number of hydrogen-bond acceptors (Lipinski definition) is 5. The summed E-state index contributed by atoms with van der Waals surface area (Å²) in [6.45, 7) is 2.29. The maximum atomic E-state index is 13.7. The molecule has 2 N–H and O–H groups in total. The van der Waals surface area contributed by atoms with Crippen molar-refractivity contribution in [2.45, 2.75) is 18.9 Å². The minimum Gasteiger partial charge on any atom is -0.492 e. The van der Waals surface area contributed by atoms with Crippen molar-refractivity contribution in [3.05, 3.63) is 60.2 Å². The molecule has 1 saturated heterocycles. The van der Waals surface area contributed by atoms with Crippen molar-refractivity contribution in [1.82, 2.24) is 15.1 Å². The van der Waals surface area contributed by atoms with Gasteiger partial charge >= 0.3 is 0 Å². The van der Waals surface area contributed by atoms with E-state index < -0.39 is 0 Å². The van der Waals surface area contributed by atoms with Crippen LogP contribution in [0.4, 0.5) is 15.8 Å². The molecule has 0 spiro atoms. The van der Waals surface area contributed by atoms with E-state index in [2.05, 4.69) is 45.5 Å². The summed E-state index contributed by atoms with van der Waals surface area (Å²) < 4.78 is 19.4. The number of ether oxygens (including phenoxy) is 1. The summed E-state index contributed by atoms with van der Waals surface area (Å²) in [6.07, 6.45) is 5.16. The number of nitrogens with zero attached hydrogens (tertiary/aromatic N) is 3. The van der Waals surface area contributed by atoms with Crippen LogP contribution in [0.15, 0.2) is 48.8 Å². The van der Waals surface area contributed by atoms with Gasteiger partial charge < -0.3 is 19.9 Å². The van der Waals surface area contributed by atoms with E-state index in [1.165, 1.54) is 12.1 Å². The van der Waals surface area contributed by atoms with Crippen LogP contribution in [-0.2, 0) is 11.2 Å². The van der Waals surface area contributed by atoms with Crippen molar-refractivity contribution in [3.8, 4) is 16.9 Å². The van der Waals surface area contributed by atoms with Crippen LogP contribution in [0.5, 0.6) is 5.75 Å². The first-order valence-corrected chi connectivity index (χ1v) is 11.2. The quantitative estimate of drug-likeness (QED) is 0.623. The van der Waals surface area contributed by atoms with E-state index >= 15 is 0 Å². The largest absolute Gasteiger partial charge is 0.492 e. The summed E-state index contributed by atoms with van der Waals surface area (Å²) in [7, 11) is 4.21. The molecule has 1 amide bonds. The number of benzene rings is 2. The van der Waals surface area contributed by atoms with Gasteiger partial charge in [-0.2, -0.15) is 5.10 Å². The lowest BCUT2D eigenvalue weighted by molar-refractivity contribution is -0.121. The molecule has 0 saturated carbocycles. The molecule has 2 atom stereocenters. The third-order valence-electron chi connectivity index (χ3n) is 6.68. The molecule has 2 unspecified atom stereocenters. The van der Waals surface area contributed by atoms with Crippen molar-refractivity contribution < 1.29 is 13.9 Å². The van der Waals surface area contributed by atoms with E-state index in [1.54, 1.807) is 12.3 Å². The number of H-pyrrole nitrogens is 1. The fourth-order valence-corrected chi connectivity index (χ4v) is 4.71. The number of carbonyl (C=O) groups excluding carboxylic acids is 1. The monoisotopic (exact) mass is 449 g/mol. The van der Waals surface area contributed by atoms with Gasteiger partial charge in [-0.15, -0.1) is 0 Å². The number of likely N-dealkylation sites (N-methyl/N-ethyl adjacent to an activating group) is 2. The number of rotatable bonds is 5. The fraction of sp³-hybridized carbons (Fsp3) is 0.360. The highest BCUT2D eigenvalue weighted by atomic mass is 19.1. The zero-order chi connectivity index (χ0) is 22.9. The molecule has 0 radical (unpaired) electrons. The summed E-state index contributed by atoms with van der Waals surface area (Å²) in [5.41, 5.74) is 4.47. The Kier molecular flexibility index (Phi) is 5.76. The summed E-state index contributed by atoms with van der Waals surface area (Å²) in [5, 5.41) is 10.0. The van der Waals surface area contributed by atoms with Gasteiger partial charge in [0.15, 0.2) is 0 Å². The number of carbonyl (C=O) groups is 1. The van der Waals surface area contributed by atoms with Crippen molar-refractivity contribution in [2.75, 3.05) is 44.0 Å². The summed E-state index contributed by atoms with van der Waals surface area (Å²) in [5.74, 6) is -0.183. The van der Waals surface area contributed by atoms with Crippen LogP contribution in [0.1, 0.15) is 12.0 Å². The first kappa shape index (κ1) is 21.5. The predicted octanol–water partition coefficient (Wildman–Crippen LogP) is 3.55. The fourth-order valence-electron chi connectivity index (χ4n) is 4.71. The van der Waals surface area contributed by atoms with Gasteiger partial charge in [0.2, 0.25) is 5.91 Å². The standard InChI is InChI=1S/C25H28FN5O2/c1-30-8-7-21(14-30)31(2)23-11-16(19-12-27-28-13-19)3-5-22(23)29-25(32)18-9-17-10-20(26)4-6-24(17)33-15-18/h3-6,10-13,18,21H,7-9,14-15H2,1-2H3,(H,27,28)(H,29,32). The van der Waals surface area contributed by atoms with Crippen LogP contribution >= 0.6 is 0 Å². The molecule has 0 bridgehead atoms. The molecule has 3 aromatic rings. The Balaban J connectivity index is 1.40. The minimum atomic E-state index is -0.386. The van der Waals surface area contributed by atoms with Crippen LogP contribution in [0.25, 0.3) is 11.1 Å². The van der Waals surface area contributed by atoms with Crippen LogP contribution in [0, 0.1) is 11.7 Å². The first-order chi connectivity index (χ1) is 16.0. The normalized spacial score (nSPS) is 20.2. The van der Waals surface area contributed by atoms with E-state index in [4.69, 9.17) is 4.74 Å². The molecule has 1 fully saturated rings. The van der Waals surface area contributed by atoms with Crippen LogP contribution in [0.2, 0.25) is 0 Å². The number of likely N-dealkylation sites (tertiary alicyclic amines) is 1. The predicted molar refractivity (Wildman–Crippen MR) is 126 cm³/mol. The third-order valence-corrected chi connectivity index (χ3v) is 6.68. The lowest BCUT2D eigenvalue weighted by Gasteiger charge is -2.30. The molecule has 172 valence electrons. The van der Waals surface area contributed by atoms with Gasteiger partial charge in [-0.25, -0.2) is 4.39 Å². The Morgan fingerprint density at radius 1 is 1.27 bits per heavy atom. The molecule has 2 aromatic carbocycles. The highest BCUT2D eigenvalue weighted by molar-refractivity contribution is 5.97. The number of halogens is 1. The van der Waals surface area contributed by atoms with E-state index in [0.717, 1.165) is 47.6 Å². The van der Waals surface area contributed by atoms with Gasteiger partial charge in [0.1, 0.15) is 18.2 Å². The molecule has 0 aliphatic carbocycles. The van der Waals surface area contributed by atoms with Crippen LogP contribution < -0.4 is 15.0 Å². The van der Waals surface area contributed by atoms with E-state index in [-0.39, 0.29) is 24.2 Å². The molecule has 33 heavy (non-hydrogen) atoms. The van der Waals surface area contributed by atoms with Gasteiger partial charge in [0.05, 0.1) is 23.5 Å². The Bertz CT molecular complexity index is 1150. The number of aromatic amines is 1. The second-order valence-electron chi connectivity index (χ2n) is 8.99. The van der Waals surface area contributed by atoms with E-state index in [1.807, 2.05) is 18.3 Å². The van der Waals surface area contributed by atoms with Crippen molar-refractivity contribution in [1.29, 1.82) is 0 Å². The molecule has 8 heteroatoms. The van der Waals surface area contributed by atoms with Gasteiger partial charge in [-0.3, -0.25) is 9.89 Å². The molecule has 3 heterocycles. The third kappa shape index (κ3) is 4.43. The highest BCUT2D eigenvalue weighted by Gasteiger charge is 2.29. The molecule has 2 aliphatic rings. The summed E-state index contributed by atoms with van der Waals surface area (Å²) >= 11 is 0. The average Bonchev–Trinajstić information content (AvgIpc) is 3.50. The molecule has 2 aliphatic heterocycles. The Morgan fingerprint density at radius 2 is 2.15 bits per heavy atom. The molecule has 1 aromatic heterocycles. The van der Waals surface area contributed by atoms with Crippen molar-refractivity contribution in [2.24, 2.45) is 5.92 Å². The number of hydrogen-bond donors (Lipinski definition) is 2. The molecular weight excluding hydrogens is 421 g/mol. The second kappa shape index (κ2) is 8.86. The lowest BCUT2D eigenvalue weighted by atomic mass is 9.95. The van der Waals surface area contributed by atoms with E-state index in [9.17, 15) is 9.18 Å². The SMILES string of the molecule is CN1CCC(N(C)c2cc(-c3cn[nH]c3)ccc2NC(=O)C2COc3ccc(F)cc3C2)C1. The molecule has 7 nitrogen and oxygen atoms in total. The number of anilines is 2. The van der Waals surface area contributed by atoms with Crippen molar-refractivity contribution >= 4 is 17.3 Å². The summed E-state index contributed by atoms with van der Waals surface area (Å²) in [4.78, 5) is 17.8. The number of aromatic nitrogens is 2. The highest BCUT2D eigenvalue weighted by Crippen LogP contribution is 2.35. The van der Waals surface area contributed by atoms with E-state index in [0.29, 0.717) is 18.2 Å². The van der Waals surface area contributed by atoms with Crippen molar-refractivity contribution in [3.63, 3.8) is 0 Å². The van der Waals surface area contributed by atoms with Gasteiger partial charge in [-0.1, -0.05) is 6.07 Å². The number of nitrogens with one attached hydrogen (secondary N) is 2. The minimum absolute atomic E-state index is 0.126. The molecule has 5 rings (SSSR count).